The number of nitrogens with one attached hydrogen (secondary N) is 4. The summed E-state index contributed by atoms with van der Waals surface area (Å²) in [4.78, 5) is 144. The summed E-state index contributed by atoms with van der Waals surface area (Å²) in [6.45, 7) is -2.16. The fourth-order valence-corrected chi connectivity index (χ4v) is 13.8. The molecule has 12 atom stereocenters. The van der Waals surface area contributed by atoms with Crippen LogP contribution in [0.4, 0.5) is 23.3 Å². The number of hydrogen-bond acceptors (Lipinski definition) is 30. The number of esters is 2. The van der Waals surface area contributed by atoms with Gasteiger partial charge < -0.3 is 90.4 Å². The maximum absolute atomic E-state index is 13.1. The number of para-hydroxylation sites is 2. The van der Waals surface area contributed by atoms with Crippen LogP contribution in [0.1, 0.15) is 33.2 Å². The number of carbonyl (C=O) groups excluding carboxylic acids is 2. The molecule has 0 spiro atoms. The smallest absolute Gasteiger partial charge is 0.453 e. The SMILES string of the molecule is CNc1ccccc1C(=O)O[C@@H]1[C@H](O)[C@@H](COP(=O)(O)OP(=O)(O)OP(=O)(O)O)O[C@H]1n1cnc2c(=O)[nH]c(N)nc21.CNc1ccccc1C(=O)O[C@H]1[C@@H](O)[C@H](n2cnc3c(=O)[nH]c(N)nc32)O[C@@H]1COP(=O)(O)OP(=O)(O)OP(=O)(O)O. The molecule has 0 amide bonds. The van der Waals surface area contributed by atoms with Gasteiger partial charge in [0.2, 0.25) is 11.9 Å². The van der Waals surface area contributed by atoms with Gasteiger partial charge in [-0.05, 0) is 24.3 Å². The van der Waals surface area contributed by atoms with Crippen LogP contribution >= 0.6 is 46.9 Å². The van der Waals surface area contributed by atoms with E-state index in [1.54, 1.807) is 37.4 Å². The van der Waals surface area contributed by atoms with Crippen molar-refractivity contribution in [3.63, 3.8) is 0 Å². The third-order valence-electron chi connectivity index (χ3n) is 11.0. The first kappa shape index (κ1) is 65.5. The molecule has 2 saturated heterocycles. The molecule has 48 heteroatoms. The standard InChI is InChI=1S/2C18H23N6O15P3/c1-20-9-5-3-2-4-8(9)17(27)37-13-10(6-35-41(31,32)39-42(33,34)38-40(28,29)30)36-16(12(13)25)24-7-21-11-14(24)22-18(19)23-15(11)26;1-20-9-5-3-2-4-8(9)17(27)37-13-12(25)10(6-35-41(31,32)39-42(33,34)38-40(28,29)30)36-16(13)24-7-21-11-14(24)22-18(19)23-15(11)26/h2*2-5,7,10,12-13,16,20,25H,6H2,1H3,(H,31,32)(H,33,34)(H2,28,29,30)(H3,19,22,23,26)/t2*10-,12-,13-,16-/m11/s1. The number of H-pyrrole nitrogens is 2. The molecule has 0 saturated carbocycles. The highest BCUT2D eigenvalue weighted by atomic mass is 31.3. The summed E-state index contributed by atoms with van der Waals surface area (Å²) in [6.07, 6.45) is -11.0. The van der Waals surface area contributed by atoms with Crippen LogP contribution in [0.2, 0.25) is 0 Å². The summed E-state index contributed by atoms with van der Waals surface area (Å²) in [5.41, 5.74) is 9.86. The van der Waals surface area contributed by atoms with E-state index in [4.69, 9.17) is 50.0 Å². The predicted molar refractivity (Wildman–Crippen MR) is 275 cm³/mol. The van der Waals surface area contributed by atoms with Crippen LogP contribution in [0.25, 0.3) is 22.3 Å². The molecule has 0 bridgehead atoms. The van der Waals surface area contributed by atoms with Crippen molar-refractivity contribution in [3.05, 3.63) is 93.0 Å². The van der Waals surface area contributed by atoms with Gasteiger partial charge in [-0.25, -0.2) is 46.9 Å². The summed E-state index contributed by atoms with van der Waals surface area (Å²) in [5, 5.41) is 27.7. The number of aliphatic hydroxyl groups excluding tert-OH is 2. The molecular weight excluding hydrogens is 1270 g/mol. The van der Waals surface area contributed by atoms with Crippen molar-refractivity contribution in [2.45, 2.75) is 49.1 Å². The lowest BCUT2D eigenvalue weighted by atomic mass is 10.1. The third kappa shape index (κ3) is 16.3. The van der Waals surface area contributed by atoms with Crippen LogP contribution in [0.3, 0.4) is 0 Å². The van der Waals surface area contributed by atoms with E-state index in [2.05, 4.69) is 66.8 Å². The van der Waals surface area contributed by atoms with Crippen molar-refractivity contribution >= 4 is 104 Å². The molecule has 6 aromatic rings. The molecule has 2 aliphatic rings. The second kappa shape index (κ2) is 25.5. The summed E-state index contributed by atoms with van der Waals surface area (Å²) >= 11 is 0. The lowest BCUT2D eigenvalue weighted by molar-refractivity contribution is -0.0557. The minimum Gasteiger partial charge on any atom is -0.453 e. The van der Waals surface area contributed by atoms with E-state index < -0.39 is 132 Å². The van der Waals surface area contributed by atoms with Gasteiger partial charge in [0.15, 0.2) is 47.0 Å². The number of phosphoric ester groups is 2. The molecule has 4 aromatic heterocycles. The van der Waals surface area contributed by atoms with Crippen molar-refractivity contribution in [2.75, 3.05) is 49.4 Å². The van der Waals surface area contributed by atoms with Gasteiger partial charge >= 0.3 is 58.9 Å². The number of nitrogens with two attached hydrogens (primary N) is 2. The summed E-state index contributed by atoms with van der Waals surface area (Å²) in [7, 11) is -31.1. The number of hydrogen-bond donors (Lipinski definition) is 16. The topological polar surface area (TPSA) is 634 Å². The van der Waals surface area contributed by atoms with Gasteiger partial charge in [0.25, 0.3) is 11.1 Å². The van der Waals surface area contributed by atoms with E-state index in [-0.39, 0.29) is 45.4 Å². The van der Waals surface area contributed by atoms with Gasteiger partial charge in [-0.15, -0.1) is 0 Å². The highest BCUT2D eigenvalue weighted by Gasteiger charge is 2.52. The van der Waals surface area contributed by atoms with Gasteiger partial charge in [-0.3, -0.25) is 37.7 Å². The fourth-order valence-electron chi connectivity index (χ4n) is 7.77. The molecule has 42 nitrogen and oxygen atoms in total. The maximum atomic E-state index is 13.1. The van der Waals surface area contributed by atoms with Gasteiger partial charge in [0.1, 0.15) is 24.4 Å². The fraction of sp³-hybridized carbons (Fsp3) is 0.333. The van der Waals surface area contributed by atoms with E-state index in [0.29, 0.717) is 11.4 Å². The quantitative estimate of drug-likeness (QED) is 0.0290. The number of fused-ring (bicyclic) bond motifs is 2. The Hall–Kier alpha value is -6.06. The molecule has 8 rings (SSSR count). The zero-order valence-corrected chi connectivity index (χ0v) is 47.3. The molecule has 2 aromatic carbocycles. The van der Waals surface area contributed by atoms with Crippen LogP contribution in [0.5, 0.6) is 0 Å². The van der Waals surface area contributed by atoms with Crippen LogP contribution in [-0.4, -0.2) is 164 Å². The largest absolute Gasteiger partial charge is 0.490 e. The van der Waals surface area contributed by atoms with Gasteiger partial charge in [0.05, 0.1) is 37.0 Å². The number of nitrogen functional groups attached to an aromatic ring is 2. The second-order valence-electron chi connectivity index (χ2n) is 16.8. The molecule has 84 heavy (non-hydrogen) atoms. The Bertz CT molecular complexity index is 3870. The minimum absolute atomic E-state index is 0.0244. The summed E-state index contributed by atoms with van der Waals surface area (Å²) in [5.74, 6) is -2.54. The maximum Gasteiger partial charge on any atom is 0.490 e. The van der Waals surface area contributed by atoms with Gasteiger partial charge in [0, 0.05) is 25.5 Å². The Balaban J connectivity index is 0.000000241. The lowest BCUT2D eigenvalue weighted by Gasteiger charge is -2.22. The molecule has 2 aliphatic heterocycles. The van der Waals surface area contributed by atoms with Crippen molar-refractivity contribution in [3.8, 4) is 0 Å². The van der Waals surface area contributed by atoms with E-state index in [9.17, 15) is 76.4 Å². The van der Waals surface area contributed by atoms with Crippen LogP contribution < -0.4 is 33.2 Å². The number of ether oxygens (including phenoxy) is 4. The number of anilines is 4. The van der Waals surface area contributed by atoms with Crippen molar-refractivity contribution in [1.29, 1.82) is 0 Å². The second-order valence-corrected chi connectivity index (χ2v) is 25.6. The predicted octanol–water partition coefficient (Wildman–Crippen LogP) is -0.859. The molecule has 6 heterocycles. The zero-order chi connectivity index (χ0) is 62.1. The van der Waals surface area contributed by atoms with Crippen LogP contribution in [0.15, 0.2) is 70.8 Å². The Morgan fingerprint density at radius 1 is 0.583 bits per heavy atom. The summed E-state index contributed by atoms with van der Waals surface area (Å²) in [6, 6.07) is 12.3. The van der Waals surface area contributed by atoms with E-state index in [1.807, 2.05) is 0 Å². The molecular formula is C36H46N12O30P6. The average Bonchev–Trinajstić information content (AvgIpc) is 2.32. The van der Waals surface area contributed by atoms with Gasteiger partial charge in [-0.1, -0.05) is 24.3 Å². The molecule has 18 N–H and O–H groups in total. The number of aliphatic hydroxyl groups is 2. The molecule has 2 fully saturated rings. The number of aromatic amines is 2. The number of rotatable bonds is 22. The van der Waals surface area contributed by atoms with Crippen LogP contribution in [-0.2, 0) is 72.6 Å². The average molecular weight is 1310 g/mol. The number of imidazole rings is 2. The zero-order valence-electron chi connectivity index (χ0n) is 42.0. The Kier molecular flexibility index (Phi) is 19.9. The normalized spacial score (nSPS) is 23.8. The van der Waals surface area contributed by atoms with Crippen molar-refractivity contribution in [2.24, 2.45) is 0 Å². The number of phosphoric acid groups is 6. The van der Waals surface area contributed by atoms with E-state index in [0.717, 1.165) is 21.8 Å². The first-order valence-corrected chi connectivity index (χ1v) is 31.7. The minimum atomic E-state index is -5.83. The monoisotopic (exact) mass is 1310 g/mol. The molecule has 4 unspecified atom stereocenters. The highest BCUT2D eigenvalue weighted by Crippen LogP contribution is 2.67. The lowest BCUT2D eigenvalue weighted by Crippen LogP contribution is -2.38. The molecule has 460 valence electrons. The number of aromatic nitrogens is 8. The van der Waals surface area contributed by atoms with E-state index >= 15 is 0 Å². The Labute approximate surface area is 465 Å². The van der Waals surface area contributed by atoms with Crippen LogP contribution in [0, 0.1) is 0 Å². The third-order valence-corrected chi connectivity index (χ3v) is 18.6. The Morgan fingerprint density at radius 3 is 1.40 bits per heavy atom. The number of carbonyl (C=O) groups is 2. The first-order chi connectivity index (χ1) is 39.0. The van der Waals surface area contributed by atoms with Gasteiger partial charge in [-0.2, -0.15) is 27.2 Å². The Morgan fingerprint density at radius 2 is 0.976 bits per heavy atom. The first-order valence-electron chi connectivity index (χ1n) is 22.6. The highest BCUT2D eigenvalue weighted by molar-refractivity contribution is 7.67. The number of nitrogens with zero attached hydrogens (tertiary/aromatic N) is 6. The molecule has 0 radical (unpaired) electrons. The van der Waals surface area contributed by atoms with Crippen molar-refractivity contribution in [1.82, 2.24) is 39.0 Å². The molecule has 0 aliphatic carbocycles. The summed E-state index contributed by atoms with van der Waals surface area (Å²) < 4.78 is 118. The van der Waals surface area contributed by atoms with E-state index in [1.165, 1.54) is 25.2 Å². The van der Waals surface area contributed by atoms with Crippen molar-refractivity contribution < 1.29 is 132 Å². The number of benzene rings is 2.